The molecule has 118 valence electrons. The maximum atomic E-state index is 4.87. The van der Waals surface area contributed by atoms with Gasteiger partial charge in [0.15, 0.2) is 0 Å². The Morgan fingerprint density at radius 1 is 1.29 bits per heavy atom. The van der Waals surface area contributed by atoms with E-state index in [1.165, 1.54) is 29.8 Å². The van der Waals surface area contributed by atoms with Crippen molar-refractivity contribution in [2.75, 3.05) is 24.5 Å². The van der Waals surface area contributed by atoms with Crippen LogP contribution in [0.25, 0.3) is 0 Å². The molecule has 0 atom stereocenters. The van der Waals surface area contributed by atoms with Crippen molar-refractivity contribution >= 4 is 5.82 Å². The summed E-state index contributed by atoms with van der Waals surface area (Å²) in [5.74, 6) is 2.76. The molecule has 3 heteroatoms. The third-order valence-electron chi connectivity index (χ3n) is 4.39. The lowest BCUT2D eigenvalue weighted by molar-refractivity contribution is 0.435. The van der Waals surface area contributed by atoms with E-state index in [2.05, 4.69) is 50.9 Å². The second kappa shape index (κ2) is 7.26. The lowest BCUT2D eigenvalue weighted by atomic mass is 9.98. The van der Waals surface area contributed by atoms with Gasteiger partial charge in [-0.05, 0) is 56.7 Å². The van der Waals surface area contributed by atoms with E-state index in [9.17, 15) is 0 Å². The van der Waals surface area contributed by atoms with Crippen LogP contribution >= 0.6 is 0 Å². The van der Waals surface area contributed by atoms with E-state index in [1.807, 2.05) is 0 Å². The Kier molecular flexibility index (Phi) is 5.63. The molecule has 0 aromatic carbocycles. The van der Waals surface area contributed by atoms with Gasteiger partial charge in [-0.25, -0.2) is 4.98 Å². The molecule has 0 saturated carbocycles. The van der Waals surface area contributed by atoms with Crippen LogP contribution in [0.3, 0.4) is 0 Å². The van der Waals surface area contributed by atoms with E-state index in [4.69, 9.17) is 4.98 Å². The Morgan fingerprint density at radius 2 is 1.95 bits per heavy atom. The molecule has 0 unspecified atom stereocenters. The van der Waals surface area contributed by atoms with Crippen molar-refractivity contribution < 1.29 is 0 Å². The van der Waals surface area contributed by atoms with Crippen LogP contribution in [0.4, 0.5) is 5.82 Å². The molecule has 0 spiro atoms. The number of nitrogens with one attached hydrogen (secondary N) is 1. The maximum Gasteiger partial charge on any atom is 0.133 e. The van der Waals surface area contributed by atoms with Crippen LogP contribution < -0.4 is 10.2 Å². The number of aryl methyl sites for hydroxylation is 2. The Hall–Kier alpha value is -1.09. The van der Waals surface area contributed by atoms with Crippen molar-refractivity contribution in [2.45, 2.75) is 54.0 Å². The summed E-state index contributed by atoms with van der Waals surface area (Å²) in [7, 11) is 0. The average Bonchev–Trinajstić information content (AvgIpc) is 2.41. The van der Waals surface area contributed by atoms with Gasteiger partial charge in [0.05, 0.1) is 0 Å². The van der Waals surface area contributed by atoms with Crippen molar-refractivity contribution in [3.8, 4) is 0 Å². The number of rotatable bonds is 5. The van der Waals surface area contributed by atoms with Crippen molar-refractivity contribution in [1.29, 1.82) is 0 Å². The Labute approximate surface area is 130 Å². The van der Waals surface area contributed by atoms with Crippen molar-refractivity contribution in [1.82, 2.24) is 10.3 Å². The first kappa shape index (κ1) is 16.3. The van der Waals surface area contributed by atoms with E-state index in [1.54, 1.807) is 0 Å². The zero-order valence-electron chi connectivity index (χ0n) is 14.4. The molecule has 2 rings (SSSR count). The normalized spacial score (nSPS) is 16.8. The second-order valence-electron chi connectivity index (χ2n) is 7.08. The minimum atomic E-state index is 0.683. The number of hydrogen-bond donors (Lipinski definition) is 1. The van der Waals surface area contributed by atoms with Gasteiger partial charge in [0.1, 0.15) is 5.82 Å². The highest BCUT2D eigenvalue weighted by Crippen LogP contribution is 2.27. The summed E-state index contributed by atoms with van der Waals surface area (Å²) < 4.78 is 0. The van der Waals surface area contributed by atoms with Crippen LogP contribution in [0.1, 0.15) is 50.4 Å². The molecule has 0 bridgehead atoms. The summed E-state index contributed by atoms with van der Waals surface area (Å²) in [5, 5.41) is 3.58. The van der Waals surface area contributed by atoms with Gasteiger partial charge in [-0.1, -0.05) is 20.8 Å². The Bertz CT molecular complexity index is 460. The molecule has 1 aromatic heterocycles. The van der Waals surface area contributed by atoms with Crippen LogP contribution in [-0.4, -0.2) is 24.6 Å². The first-order valence-electron chi connectivity index (χ1n) is 8.40. The van der Waals surface area contributed by atoms with Gasteiger partial charge in [-0.3, -0.25) is 0 Å². The quantitative estimate of drug-likeness (QED) is 0.896. The molecular weight excluding hydrogens is 258 g/mol. The van der Waals surface area contributed by atoms with Crippen LogP contribution in [-0.2, 0) is 6.54 Å². The summed E-state index contributed by atoms with van der Waals surface area (Å²) in [5.41, 5.74) is 3.89. The molecule has 1 aromatic rings. The molecule has 3 nitrogen and oxygen atoms in total. The number of nitrogens with zero attached hydrogens (tertiary/aromatic N) is 2. The van der Waals surface area contributed by atoms with E-state index in [0.29, 0.717) is 5.92 Å². The van der Waals surface area contributed by atoms with Crippen LogP contribution in [0.5, 0.6) is 0 Å². The van der Waals surface area contributed by atoms with Crippen molar-refractivity contribution in [2.24, 2.45) is 11.8 Å². The average molecular weight is 289 g/mol. The van der Waals surface area contributed by atoms with Crippen LogP contribution in [0, 0.1) is 25.7 Å². The molecule has 0 aliphatic carbocycles. The summed E-state index contributed by atoms with van der Waals surface area (Å²) in [6.07, 6.45) is 2.57. The van der Waals surface area contributed by atoms with Gasteiger partial charge in [-0.2, -0.15) is 0 Å². The summed E-state index contributed by atoms with van der Waals surface area (Å²) >= 11 is 0. The standard InChI is InChI=1S/C18H31N3/c1-13(2)11-19-12-17-15(4)10-16(5)20-18(17)21-8-6-14(3)7-9-21/h10,13-14,19H,6-9,11-12H2,1-5H3. The highest BCUT2D eigenvalue weighted by molar-refractivity contribution is 5.52. The van der Waals surface area contributed by atoms with E-state index in [0.717, 1.165) is 37.8 Å². The topological polar surface area (TPSA) is 28.2 Å². The van der Waals surface area contributed by atoms with Gasteiger partial charge >= 0.3 is 0 Å². The molecule has 1 N–H and O–H groups in total. The monoisotopic (exact) mass is 289 g/mol. The summed E-state index contributed by atoms with van der Waals surface area (Å²) in [6, 6.07) is 2.21. The smallest absolute Gasteiger partial charge is 0.133 e. The molecule has 0 radical (unpaired) electrons. The van der Waals surface area contributed by atoms with Gasteiger partial charge in [0.25, 0.3) is 0 Å². The number of aromatic nitrogens is 1. The third kappa shape index (κ3) is 4.44. The van der Waals surface area contributed by atoms with Crippen LogP contribution in [0.2, 0.25) is 0 Å². The fourth-order valence-corrected chi connectivity index (χ4v) is 3.03. The zero-order valence-corrected chi connectivity index (χ0v) is 14.4. The molecular formula is C18H31N3. The number of anilines is 1. The molecule has 1 aliphatic rings. The minimum absolute atomic E-state index is 0.683. The third-order valence-corrected chi connectivity index (χ3v) is 4.39. The number of pyridine rings is 1. The lowest BCUT2D eigenvalue weighted by Crippen LogP contribution is -2.35. The molecule has 0 amide bonds. The van der Waals surface area contributed by atoms with Crippen molar-refractivity contribution in [3.63, 3.8) is 0 Å². The highest BCUT2D eigenvalue weighted by Gasteiger charge is 2.20. The second-order valence-corrected chi connectivity index (χ2v) is 7.08. The first-order chi connectivity index (χ1) is 9.97. The summed E-state index contributed by atoms with van der Waals surface area (Å²) in [4.78, 5) is 7.36. The maximum absolute atomic E-state index is 4.87. The molecule has 2 heterocycles. The Balaban J connectivity index is 2.17. The van der Waals surface area contributed by atoms with Gasteiger partial charge in [0, 0.05) is 30.9 Å². The minimum Gasteiger partial charge on any atom is -0.356 e. The van der Waals surface area contributed by atoms with Gasteiger partial charge < -0.3 is 10.2 Å². The largest absolute Gasteiger partial charge is 0.356 e. The number of piperidine rings is 1. The molecule has 21 heavy (non-hydrogen) atoms. The van der Waals surface area contributed by atoms with E-state index >= 15 is 0 Å². The highest BCUT2D eigenvalue weighted by atomic mass is 15.2. The SMILES string of the molecule is Cc1cc(C)c(CNCC(C)C)c(N2CCC(C)CC2)n1. The molecule has 1 aliphatic heterocycles. The van der Waals surface area contributed by atoms with Crippen LogP contribution in [0.15, 0.2) is 6.07 Å². The fourth-order valence-electron chi connectivity index (χ4n) is 3.03. The molecule has 1 saturated heterocycles. The fraction of sp³-hybridized carbons (Fsp3) is 0.722. The predicted molar refractivity (Wildman–Crippen MR) is 90.9 cm³/mol. The zero-order chi connectivity index (χ0) is 15.4. The van der Waals surface area contributed by atoms with Gasteiger partial charge in [0.2, 0.25) is 0 Å². The lowest BCUT2D eigenvalue weighted by Gasteiger charge is -2.33. The van der Waals surface area contributed by atoms with E-state index in [-0.39, 0.29) is 0 Å². The Morgan fingerprint density at radius 3 is 2.57 bits per heavy atom. The van der Waals surface area contributed by atoms with E-state index < -0.39 is 0 Å². The van der Waals surface area contributed by atoms with Crippen molar-refractivity contribution in [3.05, 3.63) is 22.9 Å². The molecule has 1 fully saturated rings. The number of hydrogen-bond acceptors (Lipinski definition) is 3. The summed E-state index contributed by atoms with van der Waals surface area (Å²) in [6.45, 7) is 15.5. The van der Waals surface area contributed by atoms with Gasteiger partial charge in [-0.15, -0.1) is 0 Å². The first-order valence-corrected chi connectivity index (χ1v) is 8.40. The predicted octanol–water partition coefficient (Wildman–Crippen LogP) is 3.68.